The Bertz CT molecular complexity index is 445. The summed E-state index contributed by atoms with van der Waals surface area (Å²) < 4.78 is 0.750. The number of carbonyl (C=O) groups excluding carboxylic acids is 1. The van der Waals surface area contributed by atoms with Gasteiger partial charge in [0, 0.05) is 10.5 Å². The maximum atomic E-state index is 12.1. The summed E-state index contributed by atoms with van der Waals surface area (Å²) in [7, 11) is 2.10. The molecule has 1 fully saturated rings. The van der Waals surface area contributed by atoms with Gasteiger partial charge in [-0.15, -0.1) is 0 Å². The molecule has 0 atom stereocenters. The molecule has 1 N–H and O–H groups in total. The van der Waals surface area contributed by atoms with E-state index >= 15 is 0 Å². The van der Waals surface area contributed by atoms with Crippen LogP contribution in [-0.2, 0) is 0 Å². The molecule has 2 rings (SSSR count). The first kappa shape index (κ1) is 13.8. The third kappa shape index (κ3) is 3.25. The molecule has 0 saturated carbocycles. The summed E-state index contributed by atoms with van der Waals surface area (Å²) >= 11 is 9.44. The summed E-state index contributed by atoms with van der Waals surface area (Å²) in [5.74, 6) is -0.0872. The summed E-state index contributed by atoms with van der Waals surface area (Å²) in [5, 5.41) is 3.53. The van der Waals surface area contributed by atoms with Crippen LogP contribution in [0.4, 0.5) is 0 Å². The van der Waals surface area contributed by atoms with Gasteiger partial charge in [0.05, 0.1) is 10.6 Å². The van der Waals surface area contributed by atoms with Gasteiger partial charge < -0.3 is 10.2 Å². The smallest absolute Gasteiger partial charge is 0.253 e. The zero-order valence-corrected chi connectivity index (χ0v) is 12.6. The second-order valence-electron chi connectivity index (χ2n) is 4.65. The highest BCUT2D eigenvalue weighted by molar-refractivity contribution is 9.10. The molecule has 18 heavy (non-hydrogen) atoms. The standard InChI is InChI=1S/C13H16BrClN2O/c1-17-7-5-9(6-8-17)16-13(18)10-3-2-4-11(14)12(10)15/h2-4,9H,5-8H2,1H3,(H,16,18). The van der Waals surface area contributed by atoms with Crippen molar-refractivity contribution in [1.82, 2.24) is 10.2 Å². The molecule has 3 nitrogen and oxygen atoms in total. The van der Waals surface area contributed by atoms with Crippen molar-refractivity contribution in [2.45, 2.75) is 18.9 Å². The van der Waals surface area contributed by atoms with E-state index in [1.807, 2.05) is 12.1 Å². The number of rotatable bonds is 2. The van der Waals surface area contributed by atoms with E-state index in [1.165, 1.54) is 0 Å². The minimum Gasteiger partial charge on any atom is -0.349 e. The Morgan fingerprint density at radius 2 is 2.11 bits per heavy atom. The van der Waals surface area contributed by atoms with Crippen molar-refractivity contribution < 1.29 is 4.79 Å². The lowest BCUT2D eigenvalue weighted by atomic mass is 10.0. The van der Waals surface area contributed by atoms with Crippen LogP contribution >= 0.6 is 27.5 Å². The minimum absolute atomic E-state index is 0.0872. The van der Waals surface area contributed by atoms with Crippen molar-refractivity contribution in [1.29, 1.82) is 0 Å². The Morgan fingerprint density at radius 3 is 2.78 bits per heavy atom. The fraction of sp³-hybridized carbons (Fsp3) is 0.462. The van der Waals surface area contributed by atoms with E-state index in [4.69, 9.17) is 11.6 Å². The number of hydrogen-bond donors (Lipinski definition) is 1. The van der Waals surface area contributed by atoms with Crippen molar-refractivity contribution in [3.8, 4) is 0 Å². The van der Waals surface area contributed by atoms with Crippen LogP contribution < -0.4 is 5.32 Å². The molecule has 1 amide bonds. The van der Waals surface area contributed by atoms with E-state index in [0.29, 0.717) is 10.6 Å². The number of halogens is 2. The number of nitrogens with zero attached hydrogens (tertiary/aromatic N) is 1. The molecular formula is C13H16BrClN2O. The van der Waals surface area contributed by atoms with Gasteiger partial charge in [0.1, 0.15) is 0 Å². The molecule has 1 aromatic carbocycles. The first-order valence-corrected chi connectivity index (χ1v) is 7.18. The van der Waals surface area contributed by atoms with Crippen LogP contribution in [0.1, 0.15) is 23.2 Å². The lowest BCUT2D eigenvalue weighted by Crippen LogP contribution is -2.43. The van der Waals surface area contributed by atoms with Crippen LogP contribution in [0.5, 0.6) is 0 Å². The van der Waals surface area contributed by atoms with Crippen molar-refractivity contribution >= 4 is 33.4 Å². The van der Waals surface area contributed by atoms with Crippen molar-refractivity contribution in [3.63, 3.8) is 0 Å². The fourth-order valence-corrected chi connectivity index (χ4v) is 2.67. The largest absolute Gasteiger partial charge is 0.349 e. The minimum atomic E-state index is -0.0872. The van der Waals surface area contributed by atoms with Crippen LogP contribution in [-0.4, -0.2) is 37.0 Å². The Morgan fingerprint density at radius 1 is 1.44 bits per heavy atom. The lowest BCUT2D eigenvalue weighted by Gasteiger charge is -2.29. The number of benzene rings is 1. The van der Waals surface area contributed by atoms with Gasteiger partial charge >= 0.3 is 0 Å². The Balaban J connectivity index is 2.01. The maximum Gasteiger partial charge on any atom is 0.253 e. The third-order valence-electron chi connectivity index (χ3n) is 3.25. The molecule has 0 unspecified atom stereocenters. The highest BCUT2D eigenvalue weighted by Crippen LogP contribution is 2.26. The molecule has 1 saturated heterocycles. The van der Waals surface area contributed by atoms with Gasteiger partial charge in [-0.3, -0.25) is 4.79 Å². The zero-order chi connectivity index (χ0) is 13.1. The van der Waals surface area contributed by atoms with E-state index in [2.05, 4.69) is 33.2 Å². The van der Waals surface area contributed by atoms with Crippen LogP contribution in [0.25, 0.3) is 0 Å². The maximum absolute atomic E-state index is 12.1. The number of carbonyl (C=O) groups is 1. The molecular weight excluding hydrogens is 316 g/mol. The van der Waals surface area contributed by atoms with Crippen molar-refractivity contribution in [2.75, 3.05) is 20.1 Å². The summed E-state index contributed by atoms with van der Waals surface area (Å²) in [6.07, 6.45) is 1.99. The lowest BCUT2D eigenvalue weighted by molar-refractivity contribution is 0.0917. The Hall–Kier alpha value is -0.580. The Kier molecular flexibility index (Phi) is 4.65. The van der Waals surface area contributed by atoms with Crippen LogP contribution in [0.2, 0.25) is 5.02 Å². The molecule has 1 aromatic rings. The SMILES string of the molecule is CN1CCC(NC(=O)c2cccc(Br)c2Cl)CC1. The van der Waals surface area contributed by atoms with Gasteiger partial charge in [0.25, 0.3) is 5.91 Å². The summed E-state index contributed by atoms with van der Waals surface area (Å²) in [4.78, 5) is 14.4. The van der Waals surface area contributed by atoms with Crippen LogP contribution in [0.3, 0.4) is 0 Å². The molecule has 5 heteroatoms. The topological polar surface area (TPSA) is 32.3 Å². The molecule has 1 aliphatic heterocycles. The average Bonchev–Trinajstić information content (AvgIpc) is 2.35. The van der Waals surface area contributed by atoms with E-state index in [9.17, 15) is 4.79 Å². The zero-order valence-electron chi connectivity index (χ0n) is 10.2. The van der Waals surface area contributed by atoms with Crippen LogP contribution in [0, 0.1) is 0 Å². The normalized spacial score (nSPS) is 17.7. The van der Waals surface area contributed by atoms with Gasteiger partial charge in [0.15, 0.2) is 0 Å². The van der Waals surface area contributed by atoms with Gasteiger partial charge in [0.2, 0.25) is 0 Å². The quantitative estimate of drug-likeness (QED) is 0.904. The molecule has 98 valence electrons. The van der Waals surface area contributed by atoms with E-state index < -0.39 is 0 Å². The van der Waals surface area contributed by atoms with Crippen molar-refractivity contribution in [3.05, 3.63) is 33.3 Å². The molecule has 1 heterocycles. The molecule has 0 radical (unpaired) electrons. The first-order valence-electron chi connectivity index (χ1n) is 6.01. The van der Waals surface area contributed by atoms with Gasteiger partial charge in [-0.05, 0) is 61.0 Å². The monoisotopic (exact) mass is 330 g/mol. The fourth-order valence-electron chi connectivity index (χ4n) is 2.10. The first-order chi connectivity index (χ1) is 8.58. The highest BCUT2D eigenvalue weighted by atomic mass is 79.9. The van der Waals surface area contributed by atoms with Gasteiger partial charge in [-0.1, -0.05) is 17.7 Å². The molecule has 0 spiro atoms. The number of piperidine rings is 1. The third-order valence-corrected chi connectivity index (χ3v) is 4.55. The number of hydrogen-bond acceptors (Lipinski definition) is 2. The van der Waals surface area contributed by atoms with Gasteiger partial charge in [-0.2, -0.15) is 0 Å². The Labute approximate surface area is 121 Å². The molecule has 0 aromatic heterocycles. The van der Waals surface area contributed by atoms with E-state index in [-0.39, 0.29) is 11.9 Å². The molecule has 0 bridgehead atoms. The predicted octanol–water partition coefficient (Wildman–Crippen LogP) is 2.93. The van der Waals surface area contributed by atoms with E-state index in [1.54, 1.807) is 6.07 Å². The van der Waals surface area contributed by atoms with E-state index in [0.717, 1.165) is 30.4 Å². The highest BCUT2D eigenvalue weighted by Gasteiger charge is 2.20. The summed E-state index contributed by atoms with van der Waals surface area (Å²) in [6, 6.07) is 5.65. The molecule has 1 aliphatic rings. The number of amides is 1. The second-order valence-corrected chi connectivity index (χ2v) is 5.88. The summed E-state index contributed by atoms with van der Waals surface area (Å²) in [5.41, 5.74) is 0.532. The summed E-state index contributed by atoms with van der Waals surface area (Å²) in [6.45, 7) is 2.05. The van der Waals surface area contributed by atoms with Crippen LogP contribution in [0.15, 0.2) is 22.7 Å². The second kappa shape index (κ2) is 6.04. The number of nitrogens with one attached hydrogen (secondary N) is 1. The molecule has 0 aliphatic carbocycles. The number of likely N-dealkylation sites (tertiary alicyclic amines) is 1. The van der Waals surface area contributed by atoms with Gasteiger partial charge in [-0.25, -0.2) is 0 Å². The predicted molar refractivity (Wildman–Crippen MR) is 77.1 cm³/mol. The van der Waals surface area contributed by atoms with Crippen molar-refractivity contribution in [2.24, 2.45) is 0 Å². The average molecular weight is 332 g/mol.